The van der Waals surface area contributed by atoms with E-state index < -0.39 is 0 Å². The molecule has 1 unspecified atom stereocenters. The number of benzene rings is 1. The van der Waals surface area contributed by atoms with Crippen LogP contribution in [0.2, 0.25) is 0 Å². The molecule has 1 amide bonds. The fourth-order valence-electron chi connectivity index (χ4n) is 2.63. The van der Waals surface area contributed by atoms with Gasteiger partial charge in [0.25, 0.3) is 0 Å². The van der Waals surface area contributed by atoms with Gasteiger partial charge in [-0.05, 0) is 36.8 Å². The van der Waals surface area contributed by atoms with Gasteiger partial charge in [0.1, 0.15) is 17.6 Å². The summed E-state index contributed by atoms with van der Waals surface area (Å²) in [5.41, 5.74) is 7.39. The Balaban J connectivity index is 1.68. The van der Waals surface area contributed by atoms with Crippen LogP contribution in [0.15, 0.2) is 41.0 Å². The molecular formula is C17H21N3O3. The second-order valence-electron chi connectivity index (χ2n) is 5.61. The molecule has 2 aromatic rings. The lowest BCUT2D eigenvalue weighted by Crippen LogP contribution is -2.45. The van der Waals surface area contributed by atoms with Gasteiger partial charge in [-0.2, -0.15) is 0 Å². The number of furan rings is 1. The van der Waals surface area contributed by atoms with E-state index in [2.05, 4.69) is 12.2 Å². The minimum absolute atomic E-state index is 0.0634. The summed E-state index contributed by atoms with van der Waals surface area (Å²) in [6.45, 7) is 3.39. The molecule has 23 heavy (non-hydrogen) atoms. The molecule has 1 atom stereocenters. The number of nitrogens with one attached hydrogen (secondary N) is 1. The van der Waals surface area contributed by atoms with Crippen molar-refractivity contribution in [3.8, 4) is 5.75 Å². The summed E-state index contributed by atoms with van der Waals surface area (Å²) in [6, 6.07) is 9.15. The van der Waals surface area contributed by atoms with Crippen LogP contribution >= 0.6 is 0 Å². The Kier molecular flexibility index (Phi) is 4.41. The molecule has 0 saturated heterocycles. The number of hydrogen-bond acceptors (Lipinski definition) is 5. The van der Waals surface area contributed by atoms with E-state index in [-0.39, 0.29) is 18.6 Å². The second-order valence-corrected chi connectivity index (χ2v) is 5.61. The minimum Gasteiger partial charge on any atom is -0.486 e. The zero-order valence-corrected chi connectivity index (χ0v) is 13.1. The first-order chi connectivity index (χ1) is 11.2. The Morgan fingerprint density at radius 1 is 1.43 bits per heavy atom. The van der Waals surface area contributed by atoms with Gasteiger partial charge in [0.05, 0.1) is 31.6 Å². The molecule has 6 heteroatoms. The Bertz CT molecular complexity index is 670. The first kappa shape index (κ1) is 15.3. The Morgan fingerprint density at radius 2 is 2.30 bits per heavy atom. The van der Waals surface area contributed by atoms with E-state index >= 15 is 0 Å². The number of hydrogen-bond donors (Lipinski definition) is 2. The van der Waals surface area contributed by atoms with Crippen LogP contribution in [0.25, 0.3) is 0 Å². The smallest absolute Gasteiger partial charge is 0.239 e. The van der Waals surface area contributed by atoms with Crippen molar-refractivity contribution in [1.29, 1.82) is 0 Å². The van der Waals surface area contributed by atoms with E-state index in [0.29, 0.717) is 18.8 Å². The summed E-state index contributed by atoms with van der Waals surface area (Å²) in [5, 5.41) is 2.86. The Morgan fingerprint density at radius 3 is 3.04 bits per heavy atom. The van der Waals surface area contributed by atoms with Gasteiger partial charge < -0.3 is 25.1 Å². The van der Waals surface area contributed by atoms with Gasteiger partial charge in [-0.25, -0.2) is 0 Å². The monoisotopic (exact) mass is 315 g/mol. The number of anilines is 2. The molecule has 122 valence electrons. The number of nitrogens with two attached hydrogens (primary N) is 1. The molecule has 0 radical (unpaired) electrons. The van der Waals surface area contributed by atoms with Crippen molar-refractivity contribution in [2.45, 2.75) is 26.0 Å². The molecule has 2 heterocycles. The van der Waals surface area contributed by atoms with Crippen LogP contribution in [0.4, 0.5) is 11.4 Å². The number of amides is 1. The third-order valence-electron chi connectivity index (χ3n) is 3.87. The van der Waals surface area contributed by atoms with Gasteiger partial charge in [0, 0.05) is 5.69 Å². The van der Waals surface area contributed by atoms with Crippen LogP contribution in [0.1, 0.15) is 19.1 Å². The third-order valence-corrected chi connectivity index (χ3v) is 3.87. The standard InChI is InChI=1S/C17H21N3O3/c1-2-13-10-20(15-8-12(18)5-6-16(15)23-13)11-17(21)19-9-14-4-3-7-22-14/h3-8,13H,2,9-11,18H2,1H3,(H,19,21). The number of rotatable bonds is 5. The van der Waals surface area contributed by atoms with Crippen molar-refractivity contribution < 1.29 is 13.9 Å². The predicted molar refractivity (Wildman–Crippen MR) is 88.3 cm³/mol. The molecule has 1 aliphatic rings. The highest BCUT2D eigenvalue weighted by molar-refractivity contribution is 5.82. The quantitative estimate of drug-likeness (QED) is 0.826. The zero-order valence-electron chi connectivity index (χ0n) is 13.1. The third kappa shape index (κ3) is 3.59. The van der Waals surface area contributed by atoms with Gasteiger partial charge in [0.15, 0.2) is 0 Å². The molecule has 0 spiro atoms. The summed E-state index contributed by atoms with van der Waals surface area (Å²) < 4.78 is 11.1. The molecule has 0 bridgehead atoms. The van der Waals surface area contributed by atoms with Gasteiger partial charge in [-0.15, -0.1) is 0 Å². The summed E-state index contributed by atoms with van der Waals surface area (Å²) in [6.07, 6.45) is 2.55. The van der Waals surface area contributed by atoms with E-state index in [0.717, 1.165) is 23.6 Å². The maximum Gasteiger partial charge on any atom is 0.239 e. The maximum absolute atomic E-state index is 12.2. The minimum atomic E-state index is -0.0634. The molecular weight excluding hydrogens is 294 g/mol. The number of carbonyl (C=O) groups is 1. The topological polar surface area (TPSA) is 80.7 Å². The number of fused-ring (bicyclic) bond motifs is 1. The van der Waals surface area contributed by atoms with Crippen LogP contribution in [0, 0.1) is 0 Å². The van der Waals surface area contributed by atoms with Gasteiger partial charge in [0.2, 0.25) is 5.91 Å². The molecule has 0 saturated carbocycles. The van der Waals surface area contributed by atoms with Crippen LogP contribution in [-0.2, 0) is 11.3 Å². The lowest BCUT2D eigenvalue weighted by molar-refractivity contribution is -0.120. The number of carbonyl (C=O) groups excluding carboxylic acids is 1. The first-order valence-corrected chi connectivity index (χ1v) is 7.76. The summed E-state index contributed by atoms with van der Waals surface area (Å²) >= 11 is 0. The van der Waals surface area contributed by atoms with Crippen LogP contribution in [-0.4, -0.2) is 25.1 Å². The molecule has 1 aromatic heterocycles. The Hall–Kier alpha value is -2.63. The second kappa shape index (κ2) is 6.64. The van der Waals surface area contributed by atoms with Crippen molar-refractivity contribution in [3.63, 3.8) is 0 Å². The molecule has 0 aliphatic carbocycles. The average molecular weight is 315 g/mol. The number of nitrogen functional groups attached to an aromatic ring is 1. The lowest BCUT2D eigenvalue weighted by atomic mass is 10.1. The largest absolute Gasteiger partial charge is 0.486 e. The highest BCUT2D eigenvalue weighted by Gasteiger charge is 2.26. The number of nitrogens with zero attached hydrogens (tertiary/aromatic N) is 1. The van der Waals surface area contributed by atoms with Crippen molar-refractivity contribution in [3.05, 3.63) is 42.4 Å². The van der Waals surface area contributed by atoms with Gasteiger partial charge in [-0.1, -0.05) is 6.92 Å². The summed E-state index contributed by atoms with van der Waals surface area (Å²) in [4.78, 5) is 14.2. The normalized spacial score (nSPS) is 16.6. The van der Waals surface area contributed by atoms with E-state index in [4.69, 9.17) is 14.9 Å². The highest BCUT2D eigenvalue weighted by Crippen LogP contribution is 2.35. The molecule has 3 rings (SSSR count). The highest BCUT2D eigenvalue weighted by atomic mass is 16.5. The molecule has 1 aliphatic heterocycles. The Labute approximate surface area is 135 Å². The molecule has 6 nitrogen and oxygen atoms in total. The molecule has 0 fully saturated rings. The van der Waals surface area contributed by atoms with E-state index in [1.165, 1.54) is 0 Å². The van der Waals surface area contributed by atoms with Crippen molar-refractivity contribution in [1.82, 2.24) is 5.32 Å². The maximum atomic E-state index is 12.2. The predicted octanol–water partition coefficient (Wildman–Crippen LogP) is 2.16. The summed E-state index contributed by atoms with van der Waals surface area (Å²) in [5.74, 6) is 1.44. The first-order valence-electron chi connectivity index (χ1n) is 7.76. The molecule has 3 N–H and O–H groups in total. The average Bonchev–Trinajstić information content (AvgIpc) is 3.06. The van der Waals surface area contributed by atoms with Gasteiger partial charge in [-0.3, -0.25) is 4.79 Å². The van der Waals surface area contributed by atoms with Crippen molar-refractivity contribution in [2.24, 2.45) is 0 Å². The zero-order chi connectivity index (χ0) is 16.2. The fourth-order valence-corrected chi connectivity index (χ4v) is 2.63. The van der Waals surface area contributed by atoms with Crippen LogP contribution in [0.5, 0.6) is 5.75 Å². The lowest BCUT2D eigenvalue weighted by Gasteiger charge is -2.35. The van der Waals surface area contributed by atoms with Crippen LogP contribution < -0.4 is 20.7 Å². The SMILES string of the molecule is CCC1CN(CC(=O)NCc2ccco2)c2cc(N)ccc2O1. The van der Waals surface area contributed by atoms with E-state index in [1.807, 2.05) is 29.2 Å². The van der Waals surface area contributed by atoms with Crippen LogP contribution in [0.3, 0.4) is 0 Å². The summed E-state index contributed by atoms with van der Waals surface area (Å²) in [7, 11) is 0. The fraction of sp³-hybridized carbons (Fsp3) is 0.353. The van der Waals surface area contributed by atoms with Gasteiger partial charge >= 0.3 is 0 Å². The van der Waals surface area contributed by atoms with E-state index in [1.54, 1.807) is 12.3 Å². The molecule has 1 aromatic carbocycles. The van der Waals surface area contributed by atoms with E-state index in [9.17, 15) is 4.79 Å². The number of ether oxygens (including phenoxy) is 1. The van der Waals surface area contributed by atoms with Crippen molar-refractivity contribution >= 4 is 17.3 Å². The van der Waals surface area contributed by atoms with Crippen molar-refractivity contribution in [2.75, 3.05) is 23.7 Å².